The van der Waals surface area contributed by atoms with Gasteiger partial charge in [-0.25, -0.2) is 8.78 Å². The zero-order valence-electron chi connectivity index (χ0n) is 7.81. The summed E-state index contributed by atoms with van der Waals surface area (Å²) in [6.07, 6.45) is 1.47. The smallest absolute Gasteiger partial charge is 0.190 e. The summed E-state index contributed by atoms with van der Waals surface area (Å²) in [5.41, 5.74) is 5.56. The van der Waals surface area contributed by atoms with Crippen molar-refractivity contribution in [1.82, 2.24) is 0 Å². The summed E-state index contributed by atoms with van der Waals surface area (Å²) in [7, 11) is 1.24. The molecule has 0 amide bonds. The van der Waals surface area contributed by atoms with Gasteiger partial charge in [0.25, 0.3) is 0 Å². The Hall–Kier alpha value is -1.16. The van der Waals surface area contributed by atoms with Crippen LogP contribution in [0.15, 0.2) is 12.1 Å². The van der Waals surface area contributed by atoms with Gasteiger partial charge in [-0.2, -0.15) is 0 Å². The van der Waals surface area contributed by atoms with E-state index in [9.17, 15) is 8.78 Å². The number of rotatable bonds is 2. The molecule has 1 fully saturated rings. The zero-order valence-corrected chi connectivity index (χ0v) is 7.81. The summed E-state index contributed by atoms with van der Waals surface area (Å²) >= 11 is 0. The van der Waals surface area contributed by atoms with Crippen molar-refractivity contribution in [3.63, 3.8) is 0 Å². The molecule has 2 nitrogen and oxygen atoms in total. The number of methoxy groups -OCH3 is 1. The first-order chi connectivity index (χ1) is 6.58. The van der Waals surface area contributed by atoms with Crippen LogP contribution in [-0.2, 0) is 5.54 Å². The van der Waals surface area contributed by atoms with E-state index in [4.69, 9.17) is 5.73 Å². The summed E-state index contributed by atoms with van der Waals surface area (Å²) in [4.78, 5) is 0. The first-order valence-electron chi connectivity index (χ1n) is 4.40. The minimum absolute atomic E-state index is 0.343. The maximum atomic E-state index is 13.6. The maximum Gasteiger partial charge on any atom is 0.190 e. The molecule has 0 aromatic heterocycles. The fourth-order valence-electron chi connectivity index (χ4n) is 1.51. The van der Waals surface area contributed by atoms with Crippen LogP contribution in [0.5, 0.6) is 5.75 Å². The summed E-state index contributed by atoms with van der Waals surface area (Å²) in [5.74, 6) is -1.72. The van der Waals surface area contributed by atoms with E-state index in [2.05, 4.69) is 4.74 Å². The molecule has 0 unspecified atom stereocenters. The molecule has 1 aliphatic carbocycles. The molecule has 0 aliphatic heterocycles. The van der Waals surface area contributed by atoms with Crippen LogP contribution in [0.1, 0.15) is 18.4 Å². The Labute approximate surface area is 80.7 Å². The zero-order chi connectivity index (χ0) is 10.3. The second kappa shape index (κ2) is 2.92. The Kier molecular flexibility index (Phi) is 1.96. The van der Waals surface area contributed by atoms with Gasteiger partial charge in [-0.15, -0.1) is 0 Å². The van der Waals surface area contributed by atoms with Crippen molar-refractivity contribution in [1.29, 1.82) is 0 Å². The molecule has 1 saturated carbocycles. The van der Waals surface area contributed by atoms with E-state index in [0.29, 0.717) is 5.56 Å². The molecule has 76 valence electrons. The van der Waals surface area contributed by atoms with E-state index in [1.54, 1.807) is 0 Å². The van der Waals surface area contributed by atoms with Crippen LogP contribution < -0.4 is 10.5 Å². The van der Waals surface area contributed by atoms with Gasteiger partial charge in [0.2, 0.25) is 0 Å². The highest BCUT2D eigenvalue weighted by molar-refractivity contribution is 5.39. The number of hydrogen-bond donors (Lipinski definition) is 1. The molecule has 2 rings (SSSR count). The summed E-state index contributed by atoms with van der Waals surface area (Å²) in [6, 6.07) is 2.57. The second-order valence-corrected chi connectivity index (χ2v) is 3.60. The van der Waals surface area contributed by atoms with Crippen molar-refractivity contribution in [3.8, 4) is 5.75 Å². The first kappa shape index (κ1) is 9.40. The topological polar surface area (TPSA) is 35.2 Å². The third-order valence-electron chi connectivity index (χ3n) is 2.58. The number of nitrogens with two attached hydrogens (primary N) is 1. The molecular formula is C10H11F2NO. The van der Waals surface area contributed by atoms with Crippen molar-refractivity contribution in [2.24, 2.45) is 5.73 Å². The SMILES string of the molecule is COc1c(F)ccc(C2(N)CC2)c1F. The number of hydrogen-bond acceptors (Lipinski definition) is 2. The molecule has 4 heteroatoms. The van der Waals surface area contributed by atoms with Gasteiger partial charge < -0.3 is 10.5 Å². The van der Waals surface area contributed by atoms with Crippen LogP contribution in [0.2, 0.25) is 0 Å². The van der Waals surface area contributed by atoms with Gasteiger partial charge in [-0.3, -0.25) is 0 Å². The lowest BCUT2D eigenvalue weighted by atomic mass is 10.0. The highest BCUT2D eigenvalue weighted by Gasteiger charge is 2.43. The average Bonchev–Trinajstić information content (AvgIpc) is 2.85. The summed E-state index contributed by atoms with van der Waals surface area (Å²) < 4.78 is 31.3. The number of ether oxygens (including phenoxy) is 1. The van der Waals surface area contributed by atoms with Crippen LogP contribution >= 0.6 is 0 Å². The van der Waals surface area contributed by atoms with E-state index in [1.165, 1.54) is 19.2 Å². The van der Waals surface area contributed by atoms with Crippen molar-refractivity contribution in [2.75, 3.05) is 7.11 Å². The number of benzene rings is 1. The standard InChI is InChI=1S/C10H11F2NO/c1-14-9-7(11)3-2-6(8(9)12)10(13)4-5-10/h2-3H,4-5,13H2,1H3. The minimum atomic E-state index is -0.696. The Bertz CT molecular complexity index is 375. The van der Waals surface area contributed by atoms with Gasteiger partial charge in [0.05, 0.1) is 7.11 Å². The minimum Gasteiger partial charge on any atom is -0.491 e. The fourth-order valence-corrected chi connectivity index (χ4v) is 1.51. The Morgan fingerprint density at radius 1 is 1.36 bits per heavy atom. The van der Waals surface area contributed by atoms with Crippen molar-refractivity contribution in [2.45, 2.75) is 18.4 Å². The lowest BCUT2D eigenvalue weighted by Crippen LogP contribution is -2.20. The molecular weight excluding hydrogens is 188 g/mol. The molecule has 0 bridgehead atoms. The van der Waals surface area contributed by atoms with Gasteiger partial charge >= 0.3 is 0 Å². The molecule has 0 spiro atoms. The molecule has 0 saturated heterocycles. The lowest BCUT2D eigenvalue weighted by Gasteiger charge is -2.13. The van der Waals surface area contributed by atoms with Crippen LogP contribution in [0.4, 0.5) is 8.78 Å². The summed E-state index contributed by atoms with van der Waals surface area (Å²) in [5, 5.41) is 0. The van der Waals surface area contributed by atoms with E-state index < -0.39 is 17.2 Å². The molecule has 0 heterocycles. The van der Waals surface area contributed by atoms with Crippen molar-refractivity contribution < 1.29 is 13.5 Å². The largest absolute Gasteiger partial charge is 0.491 e. The Balaban J connectivity index is 2.53. The molecule has 14 heavy (non-hydrogen) atoms. The summed E-state index contributed by atoms with van der Waals surface area (Å²) in [6.45, 7) is 0. The monoisotopic (exact) mass is 199 g/mol. The van der Waals surface area contributed by atoms with Crippen molar-refractivity contribution in [3.05, 3.63) is 29.3 Å². The second-order valence-electron chi connectivity index (χ2n) is 3.60. The van der Waals surface area contributed by atoms with Gasteiger partial charge in [0, 0.05) is 11.1 Å². The van der Waals surface area contributed by atoms with E-state index in [0.717, 1.165) is 12.8 Å². The fraction of sp³-hybridized carbons (Fsp3) is 0.400. The predicted molar refractivity (Wildman–Crippen MR) is 48.0 cm³/mol. The van der Waals surface area contributed by atoms with Gasteiger partial charge in [-0.05, 0) is 18.9 Å². The molecule has 0 radical (unpaired) electrons. The maximum absolute atomic E-state index is 13.6. The van der Waals surface area contributed by atoms with Crippen LogP contribution in [0, 0.1) is 11.6 Å². The van der Waals surface area contributed by atoms with Crippen molar-refractivity contribution >= 4 is 0 Å². The Morgan fingerprint density at radius 2 is 2.00 bits per heavy atom. The highest BCUT2D eigenvalue weighted by atomic mass is 19.1. The third-order valence-corrected chi connectivity index (χ3v) is 2.58. The van der Waals surface area contributed by atoms with E-state index in [1.807, 2.05) is 0 Å². The molecule has 2 N–H and O–H groups in total. The quantitative estimate of drug-likeness (QED) is 0.789. The lowest BCUT2D eigenvalue weighted by molar-refractivity contribution is 0.355. The first-order valence-corrected chi connectivity index (χ1v) is 4.40. The van der Waals surface area contributed by atoms with Gasteiger partial charge in [0.15, 0.2) is 17.4 Å². The number of halogens is 2. The molecule has 0 atom stereocenters. The van der Waals surface area contributed by atoms with E-state index in [-0.39, 0.29) is 5.75 Å². The molecule has 1 aromatic rings. The third kappa shape index (κ3) is 1.26. The normalized spacial score (nSPS) is 18.0. The van der Waals surface area contributed by atoms with Gasteiger partial charge in [-0.1, -0.05) is 6.07 Å². The van der Waals surface area contributed by atoms with Crippen LogP contribution in [-0.4, -0.2) is 7.11 Å². The Morgan fingerprint density at radius 3 is 2.50 bits per heavy atom. The van der Waals surface area contributed by atoms with E-state index >= 15 is 0 Å². The highest BCUT2D eigenvalue weighted by Crippen LogP contribution is 2.45. The molecule has 1 aromatic carbocycles. The predicted octanol–water partition coefficient (Wildman–Crippen LogP) is 1.92. The molecule has 1 aliphatic rings. The van der Waals surface area contributed by atoms with Gasteiger partial charge in [0.1, 0.15) is 0 Å². The van der Waals surface area contributed by atoms with Crippen LogP contribution in [0.25, 0.3) is 0 Å². The average molecular weight is 199 g/mol. The van der Waals surface area contributed by atoms with Crippen LogP contribution in [0.3, 0.4) is 0 Å².